The average Bonchev–Trinajstić information content (AvgIpc) is 2.31. The summed E-state index contributed by atoms with van der Waals surface area (Å²) in [7, 11) is 0. The zero-order valence-corrected chi connectivity index (χ0v) is 7.12. The van der Waals surface area contributed by atoms with Crippen LogP contribution in [0.25, 0.3) is 0 Å². The topological polar surface area (TPSA) is 20.3 Å². The lowest BCUT2D eigenvalue weighted by molar-refractivity contribution is -0.126. The molecule has 1 saturated heterocycles. The molecule has 1 fully saturated rings. The molecule has 0 aromatic heterocycles. The highest BCUT2D eigenvalue weighted by molar-refractivity contribution is 7.99. The molecule has 0 radical (unpaired) electrons. The van der Waals surface area contributed by atoms with Crippen molar-refractivity contribution in [3.63, 3.8) is 0 Å². The van der Waals surface area contributed by atoms with Crippen molar-refractivity contribution in [2.75, 3.05) is 18.2 Å². The summed E-state index contributed by atoms with van der Waals surface area (Å²) in [6.07, 6.45) is 1.83. The van der Waals surface area contributed by atoms with Gasteiger partial charge < -0.3 is 4.90 Å². The fourth-order valence-electron chi connectivity index (χ4n) is 1.04. The van der Waals surface area contributed by atoms with Crippen molar-refractivity contribution in [1.29, 1.82) is 0 Å². The Morgan fingerprint density at radius 3 is 3.00 bits per heavy atom. The van der Waals surface area contributed by atoms with E-state index in [1.54, 1.807) is 0 Å². The van der Waals surface area contributed by atoms with Gasteiger partial charge in [-0.2, -0.15) is 0 Å². The van der Waals surface area contributed by atoms with E-state index in [-0.39, 0.29) is 0 Å². The molecule has 0 aliphatic carbocycles. The number of carbonyl (C=O) groups is 1. The first-order valence-corrected chi connectivity index (χ1v) is 4.85. The molecule has 1 aliphatic heterocycles. The molecule has 0 unspecified atom stereocenters. The molecule has 1 amide bonds. The van der Waals surface area contributed by atoms with Crippen LogP contribution in [0, 0.1) is 0 Å². The van der Waals surface area contributed by atoms with Crippen LogP contribution in [0.4, 0.5) is 0 Å². The molecule has 10 heavy (non-hydrogen) atoms. The minimum Gasteiger partial charge on any atom is -0.333 e. The minimum absolute atomic E-state index is 0.334. The summed E-state index contributed by atoms with van der Waals surface area (Å²) in [5.74, 6) is 2.33. The predicted molar refractivity (Wildman–Crippen MR) is 43.9 cm³/mol. The van der Waals surface area contributed by atoms with Gasteiger partial charge in [0.05, 0.1) is 5.88 Å². The van der Waals surface area contributed by atoms with E-state index in [0.717, 1.165) is 31.0 Å². The zero-order chi connectivity index (χ0) is 7.40. The van der Waals surface area contributed by atoms with E-state index in [1.807, 2.05) is 16.7 Å². The van der Waals surface area contributed by atoms with Gasteiger partial charge in [-0.25, -0.2) is 0 Å². The maximum atomic E-state index is 11.0. The van der Waals surface area contributed by atoms with Crippen molar-refractivity contribution in [1.82, 2.24) is 4.90 Å². The Labute approximate surface area is 66.0 Å². The summed E-state index contributed by atoms with van der Waals surface area (Å²) in [5, 5.41) is 0. The van der Waals surface area contributed by atoms with E-state index in [0.29, 0.717) is 5.91 Å². The van der Waals surface area contributed by atoms with E-state index in [9.17, 15) is 4.79 Å². The number of likely N-dealkylation sites (tertiary alicyclic amines) is 1. The SMILES string of the molecule is CCSCN1CCCC1=O. The van der Waals surface area contributed by atoms with Gasteiger partial charge in [0, 0.05) is 13.0 Å². The summed E-state index contributed by atoms with van der Waals surface area (Å²) < 4.78 is 0. The Hall–Kier alpha value is -0.180. The van der Waals surface area contributed by atoms with Crippen LogP contribution in [0.1, 0.15) is 19.8 Å². The highest BCUT2D eigenvalue weighted by atomic mass is 32.2. The number of amides is 1. The smallest absolute Gasteiger partial charge is 0.223 e. The summed E-state index contributed by atoms with van der Waals surface area (Å²) in [6.45, 7) is 3.09. The maximum absolute atomic E-state index is 11.0. The van der Waals surface area contributed by atoms with Gasteiger partial charge in [-0.05, 0) is 12.2 Å². The van der Waals surface area contributed by atoms with Gasteiger partial charge in [0.25, 0.3) is 0 Å². The molecular weight excluding hydrogens is 146 g/mol. The van der Waals surface area contributed by atoms with E-state index in [2.05, 4.69) is 6.92 Å². The summed E-state index contributed by atoms with van der Waals surface area (Å²) >= 11 is 1.81. The molecule has 0 bridgehead atoms. The maximum Gasteiger partial charge on any atom is 0.223 e. The third-order valence-corrected chi connectivity index (χ3v) is 2.53. The third-order valence-electron chi connectivity index (χ3n) is 1.62. The second kappa shape index (κ2) is 3.86. The molecule has 0 saturated carbocycles. The van der Waals surface area contributed by atoms with Gasteiger partial charge in [0.1, 0.15) is 0 Å². The van der Waals surface area contributed by atoms with Crippen molar-refractivity contribution in [2.24, 2.45) is 0 Å². The quantitative estimate of drug-likeness (QED) is 0.619. The van der Waals surface area contributed by atoms with Gasteiger partial charge in [-0.15, -0.1) is 11.8 Å². The van der Waals surface area contributed by atoms with Crippen molar-refractivity contribution in [2.45, 2.75) is 19.8 Å². The summed E-state index contributed by atoms with van der Waals surface area (Å²) in [6, 6.07) is 0. The van der Waals surface area contributed by atoms with Gasteiger partial charge >= 0.3 is 0 Å². The minimum atomic E-state index is 0.334. The Morgan fingerprint density at radius 2 is 2.50 bits per heavy atom. The van der Waals surface area contributed by atoms with Crippen LogP contribution in [0.2, 0.25) is 0 Å². The first-order chi connectivity index (χ1) is 4.84. The fourth-order valence-corrected chi connectivity index (χ4v) is 1.72. The lowest BCUT2D eigenvalue weighted by atomic mass is 10.4. The number of nitrogens with zero attached hydrogens (tertiary/aromatic N) is 1. The molecule has 0 atom stereocenters. The van der Waals surface area contributed by atoms with E-state index >= 15 is 0 Å². The lowest BCUT2D eigenvalue weighted by Gasteiger charge is -2.13. The molecule has 1 aliphatic rings. The Kier molecular flexibility index (Phi) is 3.06. The molecule has 0 spiro atoms. The average molecular weight is 159 g/mol. The highest BCUT2D eigenvalue weighted by Gasteiger charge is 2.18. The third kappa shape index (κ3) is 1.90. The zero-order valence-electron chi connectivity index (χ0n) is 6.30. The number of hydrogen-bond acceptors (Lipinski definition) is 2. The van der Waals surface area contributed by atoms with Gasteiger partial charge in [0.15, 0.2) is 0 Å². The second-order valence-electron chi connectivity index (χ2n) is 2.38. The van der Waals surface area contributed by atoms with Crippen LogP contribution in [0.5, 0.6) is 0 Å². The van der Waals surface area contributed by atoms with Gasteiger partial charge in [0.2, 0.25) is 5.91 Å². The molecule has 58 valence electrons. The molecule has 2 nitrogen and oxygen atoms in total. The first kappa shape index (κ1) is 7.92. The molecular formula is C7H13NOS. The van der Waals surface area contributed by atoms with Crippen LogP contribution in [0.15, 0.2) is 0 Å². The number of carbonyl (C=O) groups excluding carboxylic acids is 1. The van der Waals surface area contributed by atoms with E-state index in [1.165, 1.54) is 0 Å². The Balaban J connectivity index is 2.20. The molecule has 1 rings (SSSR count). The Bertz CT molecular complexity index is 127. The number of rotatable bonds is 3. The van der Waals surface area contributed by atoms with Crippen molar-refractivity contribution in [3.05, 3.63) is 0 Å². The van der Waals surface area contributed by atoms with Gasteiger partial charge in [-0.3, -0.25) is 4.79 Å². The largest absolute Gasteiger partial charge is 0.333 e. The lowest BCUT2D eigenvalue weighted by Crippen LogP contribution is -2.23. The number of thioether (sulfide) groups is 1. The molecule has 3 heteroatoms. The van der Waals surface area contributed by atoms with Crippen molar-refractivity contribution < 1.29 is 4.79 Å². The second-order valence-corrected chi connectivity index (χ2v) is 3.63. The summed E-state index contributed by atoms with van der Waals surface area (Å²) in [5.41, 5.74) is 0. The van der Waals surface area contributed by atoms with Crippen LogP contribution in [-0.4, -0.2) is 29.0 Å². The number of hydrogen-bond donors (Lipinski definition) is 0. The Morgan fingerprint density at radius 1 is 1.70 bits per heavy atom. The van der Waals surface area contributed by atoms with Gasteiger partial charge in [-0.1, -0.05) is 6.92 Å². The van der Waals surface area contributed by atoms with Crippen molar-refractivity contribution >= 4 is 17.7 Å². The van der Waals surface area contributed by atoms with E-state index in [4.69, 9.17) is 0 Å². The summed E-state index contributed by atoms with van der Waals surface area (Å²) in [4.78, 5) is 12.9. The molecule has 0 aromatic rings. The van der Waals surface area contributed by atoms with Crippen LogP contribution in [-0.2, 0) is 4.79 Å². The van der Waals surface area contributed by atoms with Crippen LogP contribution in [0.3, 0.4) is 0 Å². The standard InChI is InChI=1S/C7H13NOS/c1-2-10-6-8-5-3-4-7(8)9/h2-6H2,1H3. The van der Waals surface area contributed by atoms with E-state index < -0.39 is 0 Å². The van der Waals surface area contributed by atoms with Crippen LogP contribution < -0.4 is 0 Å². The monoisotopic (exact) mass is 159 g/mol. The highest BCUT2D eigenvalue weighted by Crippen LogP contribution is 2.13. The first-order valence-electron chi connectivity index (χ1n) is 3.70. The normalized spacial score (nSPS) is 18.5. The predicted octanol–water partition coefficient (Wildman–Crippen LogP) is 1.32. The van der Waals surface area contributed by atoms with Crippen molar-refractivity contribution in [3.8, 4) is 0 Å². The molecule has 1 heterocycles. The molecule has 0 N–H and O–H groups in total. The van der Waals surface area contributed by atoms with Crippen LogP contribution >= 0.6 is 11.8 Å². The fraction of sp³-hybridized carbons (Fsp3) is 0.857. The molecule has 0 aromatic carbocycles.